The Hall–Kier alpha value is -1.95. The molecule has 2 rings (SSSR count). The van der Waals surface area contributed by atoms with E-state index in [1.807, 2.05) is 37.3 Å². The summed E-state index contributed by atoms with van der Waals surface area (Å²) in [6, 6.07) is 15.6. The van der Waals surface area contributed by atoms with Gasteiger partial charge in [0.1, 0.15) is 0 Å². The monoisotopic (exact) mass is 345 g/mol. The van der Waals surface area contributed by atoms with Gasteiger partial charge in [-0.2, -0.15) is 4.31 Å². The van der Waals surface area contributed by atoms with E-state index in [-0.39, 0.29) is 18.0 Å². The van der Waals surface area contributed by atoms with Crippen LogP contribution < -0.4 is 0 Å². The number of benzene rings is 2. The van der Waals surface area contributed by atoms with Crippen molar-refractivity contribution in [3.05, 3.63) is 72.3 Å². The number of sulfonamides is 1. The van der Waals surface area contributed by atoms with E-state index in [1.54, 1.807) is 31.2 Å². The molecule has 5 heteroatoms. The highest BCUT2D eigenvalue weighted by molar-refractivity contribution is 7.89. The predicted molar refractivity (Wildman–Crippen MR) is 97.1 cm³/mol. The van der Waals surface area contributed by atoms with Crippen LogP contribution in [0.25, 0.3) is 5.57 Å². The number of aliphatic hydroxyl groups excluding tert-OH is 1. The molecule has 0 heterocycles. The number of nitrogens with zero attached hydrogens (tertiary/aromatic N) is 1. The summed E-state index contributed by atoms with van der Waals surface area (Å²) in [7, 11) is -3.72. The van der Waals surface area contributed by atoms with E-state index in [0.717, 1.165) is 11.1 Å². The molecule has 0 saturated carbocycles. The van der Waals surface area contributed by atoms with Crippen molar-refractivity contribution in [2.24, 2.45) is 0 Å². The highest BCUT2D eigenvalue weighted by Gasteiger charge is 2.29. The molecule has 0 radical (unpaired) electrons. The highest BCUT2D eigenvalue weighted by Crippen LogP contribution is 2.23. The lowest BCUT2D eigenvalue weighted by molar-refractivity contribution is 0.207. The summed E-state index contributed by atoms with van der Waals surface area (Å²) in [6.07, 6.45) is 0. The lowest BCUT2D eigenvalue weighted by atomic mass is 10.1. The van der Waals surface area contributed by atoms with Gasteiger partial charge >= 0.3 is 0 Å². The van der Waals surface area contributed by atoms with Gasteiger partial charge in [0.2, 0.25) is 10.0 Å². The Morgan fingerprint density at radius 2 is 1.71 bits per heavy atom. The van der Waals surface area contributed by atoms with Crippen molar-refractivity contribution >= 4 is 15.6 Å². The maximum absolute atomic E-state index is 13.0. The van der Waals surface area contributed by atoms with Crippen LogP contribution in [0.2, 0.25) is 0 Å². The first-order valence-corrected chi connectivity index (χ1v) is 9.23. The molecule has 4 nitrogen and oxygen atoms in total. The van der Waals surface area contributed by atoms with E-state index < -0.39 is 16.1 Å². The molecule has 0 unspecified atom stereocenters. The van der Waals surface area contributed by atoms with Crippen molar-refractivity contribution in [2.45, 2.75) is 24.8 Å². The minimum atomic E-state index is -3.72. The summed E-state index contributed by atoms with van der Waals surface area (Å²) < 4.78 is 27.3. The SMILES string of the molecule is C=C(CN([C@@H](C)CO)S(=O)(=O)c1ccc(C)cc1)c1ccccc1. The third-order valence-corrected chi connectivity index (χ3v) is 5.89. The number of aliphatic hydroxyl groups is 1. The Labute approximate surface area is 144 Å². The quantitative estimate of drug-likeness (QED) is 0.839. The van der Waals surface area contributed by atoms with Gasteiger partial charge in [-0.3, -0.25) is 0 Å². The number of hydrogen-bond acceptors (Lipinski definition) is 3. The minimum Gasteiger partial charge on any atom is -0.395 e. The fourth-order valence-electron chi connectivity index (χ4n) is 2.37. The second kappa shape index (κ2) is 7.75. The summed E-state index contributed by atoms with van der Waals surface area (Å²) in [5.74, 6) is 0. The minimum absolute atomic E-state index is 0.127. The Balaban J connectivity index is 2.34. The smallest absolute Gasteiger partial charge is 0.243 e. The summed E-state index contributed by atoms with van der Waals surface area (Å²) in [5.41, 5.74) is 2.56. The Kier molecular flexibility index (Phi) is 5.94. The number of rotatable bonds is 7. The molecule has 0 aromatic heterocycles. The molecule has 0 fully saturated rings. The van der Waals surface area contributed by atoms with Crippen molar-refractivity contribution in [1.82, 2.24) is 4.31 Å². The lowest BCUT2D eigenvalue weighted by Gasteiger charge is -2.28. The molecule has 0 aliphatic carbocycles. The summed E-state index contributed by atoms with van der Waals surface area (Å²) >= 11 is 0. The predicted octanol–water partition coefficient (Wildman–Crippen LogP) is 3.08. The molecule has 128 valence electrons. The number of hydrogen-bond donors (Lipinski definition) is 1. The number of aryl methyl sites for hydroxylation is 1. The van der Waals surface area contributed by atoms with Crippen LogP contribution in [-0.2, 0) is 10.0 Å². The van der Waals surface area contributed by atoms with E-state index in [0.29, 0.717) is 5.57 Å². The van der Waals surface area contributed by atoms with Crippen molar-refractivity contribution in [3.63, 3.8) is 0 Å². The second-order valence-corrected chi connectivity index (χ2v) is 7.76. The zero-order valence-corrected chi connectivity index (χ0v) is 14.8. The molecule has 0 amide bonds. The van der Waals surface area contributed by atoms with Crippen molar-refractivity contribution < 1.29 is 13.5 Å². The van der Waals surface area contributed by atoms with Gasteiger partial charge in [0.05, 0.1) is 11.5 Å². The normalized spacial score (nSPS) is 13.0. The zero-order chi connectivity index (χ0) is 17.7. The molecule has 1 N–H and O–H groups in total. The molecule has 2 aromatic carbocycles. The first kappa shape index (κ1) is 18.4. The maximum Gasteiger partial charge on any atom is 0.243 e. The standard InChI is InChI=1S/C19H23NO3S/c1-15-9-11-19(12-10-15)24(22,23)20(17(3)14-21)13-16(2)18-7-5-4-6-8-18/h4-12,17,21H,2,13-14H2,1,3H3/t17-/m0/s1. The van der Waals surface area contributed by atoms with E-state index in [2.05, 4.69) is 6.58 Å². The van der Waals surface area contributed by atoms with Crippen LogP contribution in [0.3, 0.4) is 0 Å². The lowest BCUT2D eigenvalue weighted by Crippen LogP contribution is -2.41. The van der Waals surface area contributed by atoms with Crippen LogP contribution in [0.4, 0.5) is 0 Å². The maximum atomic E-state index is 13.0. The van der Waals surface area contributed by atoms with Crippen molar-refractivity contribution in [1.29, 1.82) is 0 Å². The van der Waals surface area contributed by atoms with E-state index >= 15 is 0 Å². The van der Waals surface area contributed by atoms with E-state index in [4.69, 9.17) is 0 Å². The zero-order valence-electron chi connectivity index (χ0n) is 14.0. The molecule has 0 aliphatic rings. The third-order valence-electron chi connectivity index (χ3n) is 3.91. The molecule has 0 saturated heterocycles. The molecule has 1 atom stereocenters. The van der Waals surface area contributed by atoms with E-state index in [1.165, 1.54) is 4.31 Å². The summed E-state index contributed by atoms with van der Waals surface area (Å²) in [6.45, 7) is 7.47. The van der Waals surface area contributed by atoms with Gasteiger partial charge in [-0.05, 0) is 37.1 Å². The van der Waals surface area contributed by atoms with Gasteiger partial charge < -0.3 is 5.11 Å². The second-order valence-electron chi connectivity index (χ2n) is 5.86. The van der Waals surface area contributed by atoms with Gasteiger partial charge in [-0.1, -0.05) is 54.6 Å². The Morgan fingerprint density at radius 3 is 2.25 bits per heavy atom. The average Bonchev–Trinajstić information content (AvgIpc) is 2.59. The van der Waals surface area contributed by atoms with Gasteiger partial charge in [0, 0.05) is 12.6 Å². The molecular formula is C19H23NO3S. The Bertz CT molecular complexity index is 783. The first-order chi connectivity index (χ1) is 11.4. The first-order valence-electron chi connectivity index (χ1n) is 7.79. The average molecular weight is 345 g/mol. The third kappa shape index (κ3) is 4.12. The Morgan fingerprint density at radius 1 is 1.12 bits per heavy atom. The van der Waals surface area contributed by atoms with Crippen molar-refractivity contribution in [2.75, 3.05) is 13.2 Å². The molecule has 24 heavy (non-hydrogen) atoms. The van der Waals surface area contributed by atoms with Crippen LogP contribution in [0, 0.1) is 6.92 Å². The van der Waals surface area contributed by atoms with Crippen LogP contribution in [0.1, 0.15) is 18.1 Å². The fraction of sp³-hybridized carbons (Fsp3) is 0.263. The largest absolute Gasteiger partial charge is 0.395 e. The van der Waals surface area contributed by atoms with Gasteiger partial charge in [-0.15, -0.1) is 0 Å². The summed E-state index contributed by atoms with van der Waals surface area (Å²) in [4.78, 5) is 0.217. The molecule has 0 spiro atoms. The summed E-state index contributed by atoms with van der Waals surface area (Å²) in [5, 5.41) is 9.51. The van der Waals surface area contributed by atoms with Gasteiger partial charge in [-0.25, -0.2) is 8.42 Å². The van der Waals surface area contributed by atoms with Crippen LogP contribution in [-0.4, -0.2) is 37.0 Å². The van der Waals surface area contributed by atoms with Crippen LogP contribution >= 0.6 is 0 Å². The highest BCUT2D eigenvalue weighted by atomic mass is 32.2. The molecule has 0 aliphatic heterocycles. The molecular weight excluding hydrogens is 322 g/mol. The van der Waals surface area contributed by atoms with Crippen LogP contribution in [0.5, 0.6) is 0 Å². The molecule has 0 bridgehead atoms. The molecule has 2 aromatic rings. The fourth-order valence-corrected chi connectivity index (χ4v) is 3.98. The topological polar surface area (TPSA) is 57.6 Å². The van der Waals surface area contributed by atoms with E-state index in [9.17, 15) is 13.5 Å². The van der Waals surface area contributed by atoms with Gasteiger partial charge in [0.25, 0.3) is 0 Å². The van der Waals surface area contributed by atoms with Gasteiger partial charge in [0.15, 0.2) is 0 Å². The van der Waals surface area contributed by atoms with Crippen molar-refractivity contribution in [3.8, 4) is 0 Å². The van der Waals surface area contributed by atoms with Crippen LogP contribution in [0.15, 0.2) is 66.1 Å².